The van der Waals surface area contributed by atoms with Gasteiger partial charge in [0.25, 0.3) is 5.91 Å². The van der Waals surface area contributed by atoms with Gasteiger partial charge in [-0.2, -0.15) is 0 Å². The van der Waals surface area contributed by atoms with Gasteiger partial charge in [0, 0.05) is 35.8 Å². The SMILES string of the molecule is Cl.O=C(c1cc(F)cc(Cl)c1)N1CCNC2(CC2)C1. The van der Waals surface area contributed by atoms with E-state index in [4.69, 9.17) is 11.6 Å². The molecule has 2 fully saturated rings. The highest BCUT2D eigenvalue weighted by molar-refractivity contribution is 6.31. The molecule has 1 aromatic rings. The lowest BCUT2D eigenvalue weighted by molar-refractivity contribution is 0.0691. The monoisotopic (exact) mass is 304 g/mol. The van der Waals surface area contributed by atoms with Crippen LogP contribution in [-0.4, -0.2) is 36.0 Å². The van der Waals surface area contributed by atoms with Gasteiger partial charge < -0.3 is 10.2 Å². The summed E-state index contributed by atoms with van der Waals surface area (Å²) in [6, 6.07) is 3.98. The van der Waals surface area contributed by atoms with E-state index in [1.54, 1.807) is 4.90 Å². The van der Waals surface area contributed by atoms with E-state index in [2.05, 4.69) is 5.32 Å². The van der Waals surface area contributed by atoms with Gasteiger partial charge in [-0.05, 0) is 31.0 Å². The van der Waals surface area contributed by atoms with E-state index < -0.39 is 5.82 Å². The molecule has 1 aliphatic carbocycles. The molecule has 2 aliphatic rings. The number of nitrogens with one attached hydrogen (secondary N) is 1. The van der Waals surface area contributed by atoms with Crippen molar-refractivity contribution < 1.29 is 9.18 Å². The van der Waals surface area contributed by atoms with Crippen molar-refractivity contribution in [3.8, 4) is 0 Å². The largest absolute Gasteiger partial charge is 0.336 e. The van der Waals surface area contributed by atoms with E-state index in [-0.39, 0.29) is 28.9 Å². The first-order valence-corrected chi connectivity index (χ1v) is 6.46. The first kappa shape index (κ1) is 14.6. The molecule has 1 aliphatic heterocycles. The van der Waals surface area contributed by atoms with Crippen molar-refractivity contribution in [2.75, 3.05) is 19.6 Å². The molecule has 6 heteroatoms. The van der Waals surface area contributed by atoms with Gasteiger partial charge in [-0.25, -0.2) is 4.39 Å². The average Bonchev–Trinajstić information content (AvgIpc) is 3.06. The highest BCUT2D eigenvalue weighted by Gasteiger charge is 2.46. The molecule has 0 unspecified atom stereocenters. The number of hydrogen-bond donors (Lipinski definition) is 1. The lowest BCUT2D eigenvalue weighted by Gasteiger charge is -2.34. The molecule has 1 saturated carbocycles. The molecule has 1 heterocycles. The number of piperazine rings is 1. The Morgan fingerprint density at radius 3 is 2.74 bits per heavy atom. The van der Waals surface area contributed by atoms with Gasteiger partial charge in [0.05, 0.1) is 0 Å². The van der Waals surface area contributed by atoms with E-state index in [1.807, 2.05) is 0 Å². The van der Waals surface area contributed by atoms with Crippen LogP contribution in [-0.2, 0) is 0 Å². The summed E-state index contributed by atoms with van der Waals surface area (Å²) in [5.41, 5.74) is 0.461. The highest BCUT2D eigenvalue weighted by Crippen LogP contribution is 2.37. The fourth-order valence-corrected chi connectivity index (χ4v) is 2.70. The van der Waals surface area contributed by atoms with E-state index in [1.165, 1.54) is 18.2 Å². The lowest BCUT2D eigenvalue weighted by atomic mass is 10.1. The van der Waals surface area contributed by atoms with Crippen molar-refractivity contribution in [1.82, 2.24) is 10.2 Å². The maximum absolute atomic E-state index is 13.3. The maximum Gasteiger partial charge on any atom is 0.254 e. The third-order valence-electron chi connectivity index (χ3n) is 3.63. The van der Waals surface area contributed by atoms with Gasteiger partial charge in [-0.1, -0.05) is 11.6 Å². The van der Waals surface area contributed by atoms with E-state index >= 15 is 0 Å². The molecule has 1 saturated heterocycles. The fourth-order valence-electron chi connectivity index (χ4n) is 2.48. The van der Waals surface area contributed by atoms with Gasteiger partial charge in [-0.15, -0.1) is 12.4 Å². The van der Waals surface area contributed by atoms with Crippen LogP contribution in [0.5, 0.6) is 0 Å². The number of nitrogens with zero attached hydrogens (tertiary/aromatic N) is 1. The highest BCUT2D eigenvalue weighted by atomic mass is 35.5. The molecule has 1 spiro atoms. The number of amides is 1. The van der Waals surface area contributed by atoms with Crippen LogP contribution in [0.25, 0.3) is 0 Å². The van der Waals surface area contributed by atoms with Crippen LogP contribution in [0.2, 0.25) is 5.02 Å². The minimum absolute atomic E-state index is 0. The second kappa shape index (κ2) is 5.27. The van der Waals surface area contributed by atoms with Crippen LogP contribution < -0.4 is 5.32 Å². The van der Waals surface area contributed by atoms with Gasteiger partial charge in [-0.3, -0.25) is 4.79 Å². The number of carbonyl (C=O) groups is 1. The fraction of sp³-hybridized carbons (Fsp3) is 0.462. The predicted octanol–water partition coefficient (Wildman–Crippen LogP) is 2.48. The summed E-state index contributed by atoms with van der Waals surface area (Å²) in [4.78, 5) is 14.1. The summed E-state index contributed by atoms with van der Waals surface area (Å²) in [5.74, 6) is -0.605. The van der Waals surface area contributed by atoms with Crippen LogP contribution in [0, 0.1) is 5.82 Å². The quantitative estimate of drug-likeness (QED) is 0.864. The zero-order valence-corrected chi connectivity index (χ0v) is 11.9. The molecule has 0 atom stereocenters. The minimum atomic E-state index is -0.470. The van der Waals surface area contributed by atoms with E-state index in [9.17, 15) is 9.18 Å². The molecule has 3 rings (SSSR count). The minimum Gasteiger partial charge on any atom is -0.336 e. The van der Waals surface area contributed by atoms with Crippen molar-refractivity contribution in [2.45, 2.75) is 18.4 Å². The van der Waals surface area contributed by atoms with Gasteiger partial charge in [0.2, 0.25) is 0 Å². The topological polar surface area (TPSA) is 32.3 Å². The Morgan fingerprint density at radius 2 is 2.11 bits per heavy atom. The molecule has 1 amide bonds. The normalized spacial score (nSPS) is 20.0. The Morgan fingerprint density at radius 1 is 1.37 bits per heavy atom. The average molecular weight is 305 g/mol. The number of hydrogen-bond acceptors (Lipinski definition) is 2. The molecule has 1 aromatic carbocycles. The van der Waals surface area contributed by atoms with Crippen molar-refractivity contribution in [2.24, 2.45) is 0 Å². The standard InChI is InChI=1S/C13H14ClFN2O.ClH/c14-10-5-9(6-11(15)7-10)12(18)17-4-3-16-13(8-17)1-2-13;/h5-7,16H,1-4,8H2;1H. The molecule has 0 bridgehead atoms. The summed E-state index contributed by atoms with van der Waals surface area (Å²) in [6.45, 7) is 2.17. The summed E-state index contributed by atoms with van der Waals surface area (Å²) in [5, 5.41) is 3.69. The third kappa shape index (κ3) is 3.02. The molecule has 0 radical (unpaired) electrons. The van der Waals surface area contributed by atoms with Crippen molar-refractivity contribution in [1.29, 1.82) is 0 Å². The summed E-state index contributed by atoms with van der Waals surface area (Å²) in [7, 11) is 0. The van der Waals surface area contributed by atoms with Crippen molar-refractivity contribution in [3.63, 3.8) is 0 Å². The van der Waals surface area contributed by atoms with Gasteiger partial charge >= 0.3 is 0 Å². The number of halogens is 3. The van der Waals surface area contributed by atoms with Crippen LogP contribution in [0.3, 0.4) is 0 Å². The Bertz CT molecular complexity index is 485. The molecule has 104 valence electrons. The molecular formula is C13H15Cl2FN2O. The summed E-state index contributed by atoms with van der Waals surface area (Å²) in [6.07, 6.45) is 2.22. The molecular weight excluding hydrogens is 290 g/mol. The maximum atomic E-state index is 13.3. The third-order valence-corrected chi connectivity index (χ3v) is 3.84. The van der Waals surface area contributed by atoms with Crippen molar-refractivity contribution >= 4 is 29.9 Å². The van der Waals surface area contributed by atoms with Crippen LogP contribution >= 0.6 is 24.0 Å². The molecule has 19 heavy (non-hydrogen) atoms. The lowest BCUT2D eigenvalue weighted by Crippen LogP contribution is -2.54. The summed E-state index contributed by atoms with van der Waals surface area (Å²) >= 11 is 5.78. The smallest absolute Gasteiger partial charge is 0.254 e. The van der Waals surface area contributed by atoms with Crippen LogP contribution in [0.4, 0.5) is 4.39 Å². The second-order valence-corrected chi connectivity index (χ2v) is 5.53. The number of benzene rings is 1. The van der Waals surface area contributed by atoms with E-state index in [0.717, 1.165) is 19.4 Å². The van der Waals surface area contributed by atoms with Crippen molar-refractivity contribution in [3.05, 3.63) is 34.6 Å². The van der Waals surface area contributed by atoms with Gasteiger partial charge in [0.1, 0.15) is 5.82 Å². The molecule has 3 nitrogen and oxygen atoms in total. The number of carbonyl (C=O) groups excluding carboxylic acids is 1. The number of rotatable bonds is 1. The Labute approximate surface area is 122 Å². The zero-order valence-electron chi connectivity index (χ0n) is 10.3. The Balaban J connectivity index is 0.00000133. The predicted molar refractivity (Wildman–Crippen MR) is 74.5 cm³/mol. The van der Waals surface area contributed by atoms with Crippen LogP contribution in [0.1, 0.15) is 23.2 Å². The Kier molecular flexibility index (Phi) is 4.04. The van der Waals surface area contributed by atoms with Gasteiger partial charge in [0.15, 0.2) is 0 Å². The molecule has 1 N–H and O–H groups in total. The van der Waals surface area contributed by atoms with E-state index in [0.29, 0.717) is 18.7 Å². The first-order valence-electron chi connectivity index (χ1n) is 6.08. The molecule has 0 aromatic heterocycles. The second-order valence-electron chi connectivity index (χ2n) is 5.09. The zero-order chi connectivity index (χ0) is 12.8. The first-order chi connectivity index (χ1) is 8.58. The Hall–Kier alpha value is -0.840. The summed E-state index contributed by atoms with van der Waals surface area (Å²) < 4.78 is 13.3. The van der Waals surface area contributed by atoms with Crippen LogP contribution in [0.15, 0.2) is 18.2 Å².